The van der Waals surface area contributed by atoms with Gasteiger partial charge < -0.3 is 25.7 Å². The molecule has 2 amide bonds. The normalized spacial score (nSPS) is 20.6. The van der Waals surface area contributed by atoms with E-state index in [9.17, 15) is 32.3 Å². The number of rotatable bonds is 7. The van der Waals surface area contributed by atoms with Crippen LogP contribution in [0.4, 0.5) is 18.9 Å². The number of esters is 2. The van der Waals surface area contributed by atoms with Gasteiger partial charge in [-0.15, -0.1) is 0 Å². The van der Waals surface area contributed by atoms with E-state index in [1.165, 1.54) is 6.07 Å². The molecule has 2 atom stereocenters. The fourth-order valence-electron chi connectivity index (χ4n) is 7.09. The smallest absolute Gasteiger partial charge is 0.382 e. The van der Waals surface area contributed by atoms with Gasteiger partial charge >= 0.3 is 18.1 Å². The fourth-order valence-corrected chi connectivity index (χ4v) is 7.39. The third-order valence-corrected chi connectivity index (χ3v) is 9.79. The minimum atomic E-state index is -5.32. The minimum Gasteiger partial charge on any atom is -0.382 e. The first kappa shape index (κ1) is 32.1. The summed E-state index contributed by atoms with van der Waals surface area (Å²) in [6.07, 6.45) is 2.69. The number of anilines is 1. The molecule has 0 radical (unpaired) electrons. The highest BCUT2D eigenvalue weighted by Crippen LogP contribution is 2.44. The number of nitrogens with one attached hydrogen (secondary N) is 2. The number of aromatic nitrogens is 1. The molecule has 4 N–H and O–H groups in total. The first-order valence-electron chi connectivity index (χ1n) is 15.5. The van der Waals surface area contributed by atoms with Gasteiger partial charge in [0.25, 0.3) is 5.91 Å². The Morgan fingerprint density at radius 1 is 1.00 bits per heavy atom. The van der Waals surface area contributed by atoms with Gasteiger partial charge in [0.15, 0.2) is 0 Å². The van der Waals surface area contributed by atoms with Crippen molar-refractivity contribution in [3.63, 3.8) is 0 Å². The Morgan fingerprint density at radius 3 is 2.41 bits per heavy atom. The Hall–Kier alpha value is -3.90. The molecular formula is C33H34ClF3N4O5. The number of amides is 2. The Balaban J connectivity index is 1.25. The molecule has 1 aliphatic heterocycles. The summed E-state index contributed by atoms with van der Waals surface area (Å²) in [6.45, 7) is 0.698. The maximum atomic E-state index is 14.1. The topological polar surface area (TPSA) is 135 Å². The maximum absolute atomic E-state index is 14.1. The van der Waals surface area contributed by atoms with Crippen LogP contribution in [-0.2, 0) is 20.9 Å². The number of benzene rings is 2. The summed E-state index contributed by atoms with van der Waals surface area (Å²) in [6, 6.07) is 8.71. The predicted octanol–water partition coefficient (Wildman–Crippen LogP) is 6.45. The zero-order valence-electron chi connectivity index (χ0n) is 24.9. The lowest BCUT2D eigenvalue weighted by Crippen LogP contribution is -2.47. The molecule has 2 heterocycles. The molecular weight excluding hydrogens is 625 g/mol. The molecule has 3 aromatic rings. The Morgan fingerprint density at radius 2 is 1.74 bits per heavy atom. The van der Waals surface area contributed by atoms with Crippen molar-refractivity contribution in [2.75, 3.05) is 11.9 Å². The van der Waals surface area contributed by atoms with Crippen LogP contribution >= 0.6 is 11.6 Å². The number of likely N-dealkylation sites (tertiary alicyclic amines) is 1. The van der Waals surface area contributed by atoms with Crippen LogP contribution in [0.25, 0.3) is 10.9 Å². The third kappa shape index (κ3) is 6.50. The number of nitrogens with two attached hydrogens (primary N) is 1. The molecule has 2 saturated carbocycles. The summed E-state index contributed by atoms with van der Waals surface area (Å²) in [4.78, 5) is 55.7. The Kier molecular flexibility index (Phi) is 8.86. The summed E-state index contributed by atoms with van der Waals surface area (Å²) >= 11 is 6.60. The second-order valence-corrected chi connectivity index (χ2v) is 12.9. The van der Waals surface area contributed by atoms with Gasteiger partial charge in [-0.25, -0.2) is 9.59 Å². The fraction of sp³-hybridized carbons (Fsp3) is 0.455. The monoisotopic (exact) mass is 658 g/mol. The van der Waals surface area contributed by atoms with Crippen LogP contribution in [0.2, 0.25) is 5.02 Å². The highest BCUT2D eigenvalue weighted by atomic mass is 35.5. The lowest BCUT2D eigenvalue weighted by Gasteiger charge is -2.33. The van der Waals surface area contributed by atoms with E-state index >= 15 is 0 Å². The lowest BCUT2D eigenvalue weighted by atomic mass is 9.76. The van der Waals surface area contributed by atoms with Gasteiger partial charge in [-0.3, -0.25) is 9.59 Å². The third-order valence-electron chi connectivity index (χ3n) is 9.45. The average molecular weight is 659 g/mol. The second kappa shape index (κ2) is 12.7. The summed E-state index contributed by atoms with van der Waals surface area (Å²) < 4.78 is 41.5. The summed E-state index contributed by atoms with van der Waals surface area (Å²) in [5, 5.41) is 3.78. The van der Waals surface area contributed by atoms with Crippen molar-refractivity contribution in [3.8, 4) is 0 Å². The highest BCUT2D eigenvalue weighted by molar-refractivity contribution is 6.32. The van der Waals surface area contributed by atoms with Crippen LogP contribution in [0, 0.1) is 11.8 Å². The van der Waals surface area contributed by atoms with Crippen LogP contribution in [0.15, 0.2) is 36.4 Å². The molecule has 6 rings (SSSR count). The van der Waals surface area contributed by atoms with E-state index < -0.39 is 24.2 Å². The number of nitrogens with zero attached hydrogens (tertiary/aromatic N) is 1. The zero-order valence-corrected chi connectivity index (χ0v) is 25.7. The molecule has 244 valence electrons. The number of carbonyl (C=O) groups excluding carboxylic acids is 4. The van der Waals surface area contributed by atoms with Crippen LogP contribution in [0.3, 0.4) is 0 Å². The first-order chi connectivity index (χ1) is 21.9. The molecule has 46 heavy (non-hydrogen) atoms. The average Bonchev–Trinajstić information content (AvgIpc) is 3.63. The van der Waals surface area contributed by atoms with E-state index in [2.05, 4.69) is 15.0 Å². The molecule has 1 aromatic heterocycles. The SMILES string of the molecule is NCc1c(Cl)cc(C(=O)N2CC[C@@H](C3CCCCC3)[C@H]2C(=O)Nc2ccc3[nH]c(C(=O)OC(=O)C(F)(F)F)cc3c2)cc1C1CC1. The van der Waals surface area contributed by atoms with E-state index in [0.717, 1.165) is 56.1 Å². The number of alkyl halides is 3. The van der Waals surface area contributed by atoms with Crippen molar-refractivity contribution in [1.29, 1.82) is 0 Å². The van der Waals surface area contributed by atoms with Gasteiger partial charge in [0.05, 0.1) is 0 Å². The molecule has 1 saturated heterocycles. The quantitative estimate of drug-likeness (QED) is 0.197. The van der Waals surface area contributed by atoms with Gasteiger partial charge in [-0.1, -0.05) is 43.7 Å². The molecule has 0 spiro atoms. The molecule has 3 aliphatic rings. The molecule has 9 nitrogen and oxygen atoms in total. The van der Waals surface area contributed by atoms with Gasteiger partial charge in [0, 0.05) is 40.3 Å². The number of ether oxygens (including phenoxy) is 1. The molecule has 13 heteroatoms. The lowest BCUT2D eigenvalue weighted by molar-refractivity contribution is -0.193. The Labute approximate surface area is 268 Å². The van der Waals surface area contributed by atoms with Crippen LogP contribution < -0.4 is 11.1 Å². The molecule has 3 fully saturated rings. The summed E-state index contributed by atoms with van der Waals surface area (Å²) in [5.74, 6) is -4.12. The molecule has 2 aromatic carbocycles. The number of carbonyl (C=O) groups is 4. The zero-order chi connectivity index (χ0) is 32.7. The van der Waals surface area contributed by atoms with Gasteiger partial charge in [0.1, 0.15) is 11.7 Å². The minimum absolute atomic E-state index is 0.0329. The largest absolute Gasteiger partial charge is 0.491 e. The van der Waals surface area contributed by atoms with E-state index in [4.69, 9.17) is 17.3 Å². The van der Waals surface area contributed by atoms with Crippen molar-refractivity contribution in [3.05, 3.63) is 63.8 Å². The van der Waals surface area contributed by atoms with Crippen molar-refractivity contribution in [1.82, 2.24) is 9.88 Å². The van der Waals surface area contributed by atoms with Crippen LogP contribution in [0.1, 0.15) is 89.3 Å². The van der Waals surface area contributed by atoms with Crippen molar-refractivity contribution < 1.29 is 37.1 Å². The van der Waals surface area contributed by atoms with Gasteiger partial charge in [-0.05, 0) is 84.5 Å². The molecule has 0 unspecified atom stereocenters. The van der Waals surface area contributed by atoms with E-state index in [1.54, 1.807) is 29.2 Å². The maximum Gasteiger partial charge on any atom is 0.491 e. The molecule has 2 aliphatic carbocycles. The number of H-pyrrole nitrogens is 1. The molecule has 0 bridgehead atoms. The summed E-state index contributed by atoms with van der Waals surface area (Å²) in [7, 11) is 0. The highest BCUT2D eigenvalue weighted by Gasteiger charge is 2.46. The number of hydrogen-bond donors (Lipinski definition) is 3. The number of hydrogen-bond acceptors (Lipinski definition) is 6. The van der Waals surface area contributed by atoms with Crippen molar-refractivity contribution in [2.24, 2.45) is 17.6 Å². The summed E-state index contributed by atoms with van der Waals surface area (Å²) in [5.41, 5.74) is 8.65. The van der Waals surface area contributed by atoms with Crippen LogP contribution in [0.5, 0.6) is 0 Å². The van der Waals surface area contributed by atoms with Crippen molar-refractivity contribution >= 4 is 51.9 Å². The predicted molar refractivity (Wildman–Crippen MR) is 164 cm³/mol. The van der Waals surface area contributed by atoms with E-state index in [1.807, 2.05) is 6.07 Å². The standard InChI is InChI=1S/C33H34ClF3N4O5/c34-25-14-20(13-23(18-6-7-18)24(25)16-38)30(43)41-11-10-22(17-4-2-1-3-5-17)28(41)29(42)39-21-8-9-26-19(12-21)15-27(40-26)31(44)46-32(45)33(35,36)37/h8-9,12-15,17-18,22,28,40H,1-7,10-11,16,38H2,(H,39,42)/t22-,28-/m0/s1. The van der Waals surface area contributed by atoms with E-state index in [-0.39, 0.29) is 30.0 Å². The Bertz CT molecular complexity index is 1700. The van der Waals surface area contributed by atoms with Gasteiger partial charge in [-0.2, -0.15) is 13.2 Å². The number of halogens is 4. The first-order valence-corrected chi connectivity index (χ1v) is 15.9. The van der Waals surface area contributed by atoms with E-state index in [0.29, 0.717) is 52.0 Å². The number of fused-ring (bicyclic) bond motifs is 1. The number of aromatic amines is 1. The van der Waals surface area contributed by atoms with Crippen molar-refractivity contribution in [2.45, 2.75) is 76.0 Å². The van der Waals surface area contributed by atoms with Crippen LogP contribution in [-0.4, -0.2) is 52.4 Å². The van der Waals surface area contributed by atoms with Gasteiger partial charge in [0.2, 0.25) is 5.91 Å². The second-order valence-electron chi connectivity index (χ2n) is 12.4.